The summed E-state index contributed by atoms with van der Waals surface area (Å²) in [5.74, 6) is -1.49. The molecule has 1 aliphatic rings. The molecule has 1 heterocycles. The van der Waals surface area contributed by atoms with Gasteiger partial charge in [-0.1, -0.05) is 72.3 Å². The van der Waals surface area contributed by atoms with Crippen LogP contribution in [0.4, 0.5) is 0 Å². The van der Waals surface area contributed by atoms with Gasteiger partial charge in [-0.3, -0.25) is 0 Å². The highest BCUT2D eigenvalue weighted by Gasteiger charge is 2.45. The summed E-state index contributed by atoms with van der Waals surface area (Å²) < 4.78 is 17.0. The molecule has 0 amide bonds. The second-order valence-electron chi connectivity index (χ2n) is 15.4. The van der Waals surface area contributed by atoms with Crippen LogP contribution in [0.2, 0.25) is 0 Å². The van der Waals surface area contributed by atoms with Gasteiger partial charge in [0.15, 0.2) is 6.29 Å². The fraction of sp³-hybridized carbons (Fsp3) is 0.775. The summed E-state index contributed by atoms with van der Waals surface area (Å²) in [5.41, 5.74) is 2.14. The SMILES string of the molecule is CCC(C)CC(C)/C=C(\C)C(OC1OC(CO)C(O)C(O)C1O)C(C)/C=C(\C)C(O)C(C)/C=C(\C)C(O)C(C)/C=C(\C)C(=O)OCC(O)C(O)C(O)CO. The predicted octanol–water partition coefficient (Wildman–Crippen LogP) is 1.28. The van der Waals surface area contributed by atoms with Gasteiger partial charge in [-0.2, -0.15) is 0 Å². The smallest absolute Gasteiger partial charge is 0.333 e. The molecule has 0 aromatic rings. The number of esters is 1. The Morgan fingerprint density at radius 2 is 1.26 bits per heavy atom. The molecule has 314 valence electrons. The highest BCUT2D eigenvalue weighted by atomic mass is 16.7. The van der Waals surface area contributed by atoms with Gasteiger partial charge in [0.05, 0.1) is 31.5 Å². The van der Waals surface area contributed by atoms with Crippen molar-refractivity contribution in [2.75, 3.05) is 19.8 Å². The molecule has 1 saturated heterocycles. The lowest BCUT2D eigenvalue weighted by Gasteiger charge is -2.41. The van der Waals surface area contributed by atoms with Gasteiger partial charge in [0.25, 0.3) is 0 Å². The highest BCUT2D eigenvalue weighted by molar-refractivity contribution is 5.87. The molecule has 16 unspecified atom stereocenters. The third-order valence-corrected chi connectivity index (χ3v) is 10.3. The van der Waals surface area contributed by atoms with Crippen molar-refractivity contribution in [1.82, 2.24) is 0 Å². The molecule has 0 aliphatic carbocycles. The molecule has 0 bridgehead atoms. The predicted molar refractivity (Wildman–Crippen MR) is 202 cm³/mol. The molecule has 16 atom stereocenters. The molecule has 1 fully saturated rings. The van der Waals surface area contributed by atoms with E-state index in [-0.39, 0.29) is 17.4 Å². The number of rotatable bonds is 22. The number of carbonyl (C=O) groups is 1. The summed E-state index contributed by atoms with van der Waals surface area (Å²) >= 11 is 0. The number of allylic oxidation sites excluding steroid dienone is 1. The van der Waals surface area contributed by atoms with Crippen LogP contribution in [0.3, 0.4) is 0 Å². The molecule has 0 saturated carbocycles. The zero-order valence-corrected chi connectivity index (χ0v) is 33.7. The van der Waals surface area contributed by atoms with Crippen molar-refractivity contribution in [3.8, 4) is 0 Å². The fourth-order valence-electron chi connectivity index (χ4n) is 6.71. The van der Waals surface area contributed by atoms with Crippen LogP contribution in [0.5, 0.6) is 0 Å². The van der Waals surface area contributed by atoms with E-state index >= 15 is 0 Å². The van der Waals surface area contributed by atoms with E-state index in [2.05, 4.69) is 26.8 Å². The number of hydrogen-bond acceptors (Lipinski definition) is 14. The first-order valence-corrected chi connectivity index (χ1v) is 19.0. The van der Waals surface area contributed by atoms with Crippen molar-refractivity contribution in [3.05, 3.63) is 46.6 Å². The van der Waals surface area contributed by atoms with Gasteiger partial charge in [-0.25, -0.2) is 4.79 Å². The average molecular weight is 775 g/mol. The lowest BCUT2D eigenvalue weighted by atomic mass is 9.87. The van der Waals surface area contributed by atoms with Crippen molar-refractivity contribution >= 4 is 5.97 Å². The molecule has 0 radical (unpaired) electrons. The van der Waals surface area contributed by atoms with E-state index in [9.17, 15) is 50.8 Å². The van der Waals surface area contributed by atoms with Gasteiger partial charge < -0.3 is 65.3 Å². The van der Waals surface area contributed by atoms with E-state index in [4.69, 9.17) is 19.3 Å². The molecular formula is C40H70O14. The van der Waals surface area contributed by atoms with E-state index in [1.54, 1.807) is 33.8 Å². The standard InChI is InChI=1S/C40H70O14/c1-11-20(2)12-21(3)13-26(8)38(54-40-37(50)36(49)35(48)31(18-42)53-40)27(9)15-24(6)32(45)22(4)14-23(5)33(46)25(7)16-28(10)39(51)52-19-30(44)34(47)29(43)17-41/h13-16,20-22,25,27,29-38,40-50H,11-12,17-19H2,1-10H3/b23-14+,24-15+,26-13+,28-16+. The number of aliphatic hydroxyl groups is 10. The van der Waals surface area contributed by atoms with E-state index in [1.165, 1.54) is 13.0 Å². The first-order chi connectivity index (χ1) is 25.1. The van der Waals surface area contributed by atoms with Crippen molar-refractivity contribution < 1.29 is 70.1 Å². The summed E-state index contributed by atoms with van der Waals surface area (Å²) in [6.07, 6.45) is -5.61. The van der Waals surface area contributed by atoms with Crippen LogP contribution in [-0.4, -0.2) is 144 Å². The fourth-order valence-corrected chi connectivity index (χ4v) is 6.71. The largest absolute Gasteiger partial charge is 0.459 e. The highest BCUT2D eigenvalue weighted by Crippen LogP contribution is 2.30. The van der Waals surface area contributed by atoms with Crippen LogP contribution in [0.25, 0.3) is 0 Å². The van der Waals surface area contributed by atoms with E-state index in [0.29, 0.717) is 17.1 Å². The van der Waals surface area contributed by atoms with Crippen LogP contribution in [-0.2, 0) is 19.0 Å². The normalized spacial score (nSPS) is 28.3. The lowest BCUT2D eigenvalue weighted by molar-refractivity contribution is -0.310. The summed E-state index contributed by atoms with van der Waals surface area (Å²) in [6.45, 7) is 16.7. The topological polar surface area (TPSA) is 247 Å². The first-order valence-electron chi connectivity index (χ1n) is 19.0. The zero-order valence-electron chi connectivity index (χ0n) is 33.7. The lowest BCUT2D eigenvalue weighted by Crippen LogP contribution is -2.60. The number of carbonyl (C=O) groups excluding carboxylic acids is 1. The zero-order chi connectivity index (χ0) is 41.6. The average Bonchev–Trinajstić information content (AvgIpc) is 3.13. The molecule has 1 rings (SSSR count). The Morgan fingerprint density at radius 1 is 0.722 bits per heavy atom. The summed E-state index contributed by atoms with van der Waals surface area (Å²) in [5, 5.41) is 102. The van der Waals surface area contributed by atoms with Crippen LogP contribution in [0, 0.1) is 29.6 Å². The van der Waals surface area contributed by atoms with Crippen LogP contribution >= 0.6 is 0 Å². The monoisotopic (exact) mass is 774 g/mol. The quantitative estimate of drug-likeness (QED) is 0.0423. The Hall–Kier alpha value is -2.05. The molecule has 1 aliphatic heterocycles. The Balaban J connectivity index is 3.18. The van der Waals surface area contributed by atoms with Gasteiger partial charge in [-0.15, -0.1) is 0 Å². The molecule has 0 aromatic heterocycles. The molecule has 0 aromatic carbocycles. The molecule has 10 N–H and O–H groups in total. The molecule has 14 nitrogen and oxygen atoms in total. The minimum absolute atomic E-state index is 0.138. The van der Waals surface area contributed by atoms with Gasteiger partial charge in [0, 0.05) is 23.3 Å². The Kier molecular flexibility index (Phi) is 22.1. The van der Waals surface area contributed by atoms with Gasteiger partial charge in [0.2, 0.25) is 0 Å². The first kappa shape index (κ1) is 50.0. The van der Waals surface area contributed by atoms with E-state index in [1.807, 2.05) is 19.9 Å². The summed E-state index contributed by atoms with van der Waals surface area (Å²) in [7, 11) is 0. The molecule has 14 heteroatoms. The molecule has 0 spiro atoms. The Labute approximate surface area is 321 Å². The maximum Gasteiger partial charge on any atom is 0.333 e. The number of hydrogen-bond donors (Lipinski definition) is 10. The van der Waals surface area contributed by atoms with Crippen LogP contribution in [0.15, 0.2) is 46.6 Å². The maximum atomic E-state index is 12.5. The van der Waals surface area contributed by atoms with Gasteiger partial charge >= 0.3 is 5.97 Å². The third-order valence-electron chi connectivity index (χ3n) is 10.3. The second kappa shape index (κ2) is 23.9. The van der Waals surface area contributed by atoms with Crippen LogP contribution in [0.1, 0.15) is 82.1 Å². The van der Waals surface area contributed by atoms with Crippen molar-refractivity contribution in [2.45, 2.75) is 149 Å². The van der Waals surface area contributed by atoms with E-state index in [0.717, 1.165) is 18.4 Å². The minimum Gasteiger partial charge on any atom is -0.459 e. The Morgan fingerprint density at radius 3 is 1.78 bits per heavy atom. The van der Waals surface area contributed by atoms with Gasteiger partial charge in [-0.05, 0) is 62.7 Å². The number of aliphatic hydroxyl groups excluding tert-OH is 10. The molecule has 54 heavy (non-hydrogen) atoms. The number of ether oxygens (including phenoxy) is 3. The van der Waals surface area contributed by atoms with Crippen molar-refractivity contribution in [2.24, 2.45) is 29.6 Å². The summed E-state index contributed by atoms with van der Waals surface area (Å²) in [6, 6.07) is 0. The molecular weight excluding hydrogens is 704 g/mol. The third kappa shape index (κ3) is 15.1. The van der Waals surface area contributed by atoms with Crippen molar-refractivity contribution in [1.29, 1.82) is 0 Å². The Bertz CT molecular complexity index is 1250. The maximum absolute atomic E-state index is 12.5. The minimum atomic E-state index is -1.71. The summed E-state index contributed by atoms with van der Waals surface area (Å²) in [4.78, 5) is 12.5. The van der Waals surface area contributed by atoms with E-state index < -0.39 is 105 Å². The van der Waals surface area contributed by atoms with Gasteiger partial charge in [0.1, 0.15) is 49.3 Å². The second-order valence-corrected chi connectivity index (χ2v) is 15.4. The van der Waals surface area contributed by atoms with Crippen LogP contribution < -0.4 is 0 Å². The van der Waals surface area contributed by atoms with Crippen molar-refractivity contribution in [3.63, 3.8) is 0 Å².